The maximum absolute atomic E-state index is 12.0. The highest BCUT2D eigenvalue weighted by Crippen LogP contribution is 2.15. The van der Waals surface area contributed by atoms with E-state index in [1.807, 2.05) is 0 Å². The maximum Gasteiger partial charge on any atom is 0.322 e. The van der Waals surface area contributed by atoms with Gasteiger partial charge in [0.1, 0.15) is 18.5 Å². The smallest absolute Gasteiger partial charge is 0.322 e. The molecule has 0 bridgehead atoms. The van der Waals surface area contributed by atoms with Crippen LogP contribution in [0, 0.1) is 0 Å². The van der Waals surface area contributed by atoms with E-state index in [0.717, 1.165) is 6.26 Å². The highest BCUT2D eigenvalue weighted by Gasteiger charge is 2.16. The lowest BCUT2D eigenvalue weighted by Gasteiger charge is -2.06. The SMILES string of the molecule is O=C(O)CNC(=O)c1ccc(S(=O)(=O)Nc2cnoc2)cc1. The second-order valence-electron chi connectivity index (χ2n) is 4.12. The monoisotopic (exact) mass is 325 g/mol. The third-order valence-corrected chi connectivity index (χ3v) is 3.91. The van der Waals surface area contributed by atoms with Gasteiger partial charge in [-0.1, -0.05) is 5.16 Å². The highest BCUT2D eigenvalue weighted by molar-refractivity contribution is 7.92. The average molecular weight is 325 g/mol. The lowest BCUT2D eigenvalue weighted by Crippen LogP contribution is -2.29. The molecule has 1 amide bonds. The molecule has 0 aliphatic heterocycles. The van der Waals surface area contributed by atoms with Gasteiger partial charge in [0, 0.05) is 5.56 Å². The Hall–Kier alpha value is -2.88. The molecule has 1 aromatic carbocycles. The molecule has 0 aliphatic carbocycles. The van der Waals surface area contributed by atoms with Gasteiger partial charge in [0.2, 0.25) is 0 Å². The normalized spacial score (nSPS) is 10.9. The first kappa shape index (κ1) is 15.5. The van der Waals surface area contributed by atoms with Crippen molar-refractivity contribution >= 4 is 27.6 Å². The van der Waals surface area contributed by atoms with Gasteiger partial charge < -0.3 is 14.9 Å². The minimum Gasteiger partial charge on any atom is -0.480 e. The van der Waals surface area contributed by atoms with E-state index in [4.69, 9.17) is 5.11 Å². The van der Waals surface area contributed by atoms with Crippen LogP contribution in [0.1, 0.15) is 10.4 Å². The van der Waals surface area contributed by atoms with E-state index < -0.39 is 28.4 Å². The van der Waals surface area contributed by atoms with Crippen LogP contribution >= 0.6 is 0 Å². The molecular weight excluding hydrogens is 314 g/mol. The molecule has 2 rings (SSSR count). The van der Waals surface area contributed by atoms with E-state index in [0.29, 0.717) is 0 Å². The third-order valence-electron chi connectivity index (χ3n) is 2.51. The lowest BCUT2D eigenvalue weighted by atomic mass is 10.2. The van der Waals surface area contributed by atoms with E-state index >= 15 is 0 Å². The lowest BCUT2D eigenvalue weighted by molar-refractivity contribution is -0.135. The predicted octanol–water partition coefficient (Wildman–Crippen LogP) is 0.290. The van der Waals surface area contributed by atoms with E-state index in [9.17, 15) is 18.0 Å². The molecule has 3 N–H and O–H groups in total. The molecule has 0 radical (unpaired) electrons. The summed E-state index contributed by atoms with van der Waals surface area (Å²) in [4.78, 5) is 21.9. The Morgan fingerprint density at radius 2 is 1.91 bits per heavy atom. The summed E-state index contributed by atoms with van der Waals surface area (Å²) in [7, 11) is -3.83. The van der Waals surface area contributed by atoms with E-state index in [2.05, 4.69) is 19.7 Å². The molecule has 2 aromatic rings. The molecule has 0 saturated heterocycles. The molecule has 0 spiro atoms. The Morgan fingerprint density at radius 1 is 1.23 bits per heavy atom. The number of rotatable bonds is 6. The Balaban J connectivity index is 2.11. The quantitative estimate of drug-likeness (QED) is 0.693. The second-order valence-corrected chi connectivity index (χ2v) is 5.80. The molecule has 0 aliphatic rings. The number of amides is 1. The van der Waals surface area contributed by atoms with Crippen molar-refractivity contribution in [1.29, 1.82) is 0 Å². The summed E-state index contributed by atoms with van der Waals surface area (Å²) < 4.78 is 30.8. The maximum atomic E-state index is 12.0. The Kier molecular flexibility index (Phi) is 4.41. The number of carboxylic acids is 1. The zero-order chi connectivity index (χ0) is 16.2. The van der Waals surface area contributed by atoms with Gasteiger partial charge in [-0.15, -0.1) is 0 Å². The summed E-state index contributed by atoms with van der Waals surface area (Å²) in [6.45, 7) is -0.520. The third kappa shape index (κ3) is 3.82. The Labute approximate surface area is 125 Å². The molecule has 9 nitrogen and oxygen atoms in total. The van der Waals surface area contributed by atoms with Crippen molar-refractivity contribution < 1.29 is 27.6 Å². The number of carboxylic acid groups (broad SMARTS) is 1. The van der Waals surface area contributed by atoms with Crippen LogP contribution < -0.4 is 10.0 Å². The first-order valence-electron chi connectivity index (χ1n) is 5.91. The molecule has 116 valence electrons. The van der Waals surface area contributed by atoms with E-state index in [1.54, 1.807) is 0 Å². The van der Waals surface area contributed by atoms with Gasteiger partial charge in [-0.3, -0.25) is 14.3 Å². The van der Waals surface area contributed by atoms with Crippen molar-refractivity contribution in [3.8, 4) is 0 Å². The summed E-state index contributed by atoms with van der Waals surface area (Å²) in [6, 6.07) is 5.01. The summed E-state index contributed by atoms with van der Waals surface area (Å²) in [5, 5.41) is 14.0. The van der Waals surface area contributed by atoms with Crippen molar-refractivity contribution in [2.45, 2.75) is 4.90 Å². The molecule has 1 aromatic heterocycles. The van der Waals surface area contributed by atoms with Gasteiger partial charge in [0.25, 0.3) is 15.9 Å². The number of carbonyl (C=O) groups is 2. The first-order chi connectivity index (χ1) is 10.4. The number of anilines is 1. The fourth-order valence-corrected chi connectivity index (χ4v) is 2.54. The van der Waals surface area contributed by atoms with Crippen molar-refractivity contribution in [2.24, 2.45) is 0 Å². The fraction of sp³-hybridized carbons (Fsp3) is 0.0833. The van der Waals surface area contributed by atoms with Crippen LogP contribution in [-0.4, -0.2) is 37.1 Å². The topological polar surface area (TPSA) is 139 Å². The van der Waals surface area contributed by atoms with Crippen molar-refractivity contribution in [3.05, 3.63) is 42.3 Å². The van der Waals surface area contributed by atoms with Crippen molar-refractivity contribution in [3.63, 3.8) is 0 Å². The van der Waals surface area contributed by atoms with Crippen LogP contribution in [0.5, 0.6) is 0 Å². The minimum absolute atomic E-state index is 0.0662. The van der Waals surface area contributed by atoms with Crippen LogP contribution in [0.2, 0.25) is 0 Å². The van der Waals surface area contributed by atoms with Gasteiger partial charge in [-0.25, -0.2) is 8.42 Å². The van der Waals surface area contributed by atoms with Gasteiger partial charge in [-0.05, 0) is 24.3 Å². The highest BCUT2D eigenvalue weighted by atomic mass is 32.2. The Morgan fingerprint density at radius 3 is 2.45 bits per heavy atom. The first-order valence-corrected chi connectivity index (χ1v) is 7.39. The Bertz CT molecular complexity index is 768. The zero-order valence-electron chi connectivity index (χ0n) is 11.0. The summed E-state index contributed by atoms with van der Waals surface area (Å²) >= 11 is 0. The molecular formula is C12H11N3O6S. The predicted molar refractivity (Wildman–Crippen MR) is 73.7 cm³/mol. The van der Waals surface area contributed by atoms with Gasteiger partial charge in [0.15, 0.2) is 0 Å². The summed E-state index contributed by atoms with van der Waals surface area (Å²) in [6.07, 6.45) is 2.33. The zero-order valence-corrected chi connectivity index (χ0v) is 11.8. The number of carbonyl (C=O) groups excluding carboxylic acids is 1. The van der Waals surface area contributed by atoms with E-state index in [-0.39, 0.29) is 16.1 Å². The molecule has 0 unspecified atom stereocenters. The number of nitrogens with zero attached hydrogens (tertiary/aromatic N) is 1. The fourth-order valence-electron chi connectivity index (χ4n) is 1.51. The molecule has 10 heteroatoms. The van der Waals surface area contributed by atoms with Crippen molar-refractivity contribution in [2.75, 3.05) is 11.3 Å². The number of aromatic nitrogens is 1. The minimum atomic E-state index is -3.83. The molecule has 0 fully saturated rings. The summed E-state index contributed by atoms with van der Waals surface area (Å²) in [5.74, 6) is -1.79. The largest absolute Gasteiger partial charge is 0.480 e. The van der Waals surface area contributed by atoms with Crippen LogP contribution in [0.25, 0.3) is 0 Å². The van der Waals surface area contributed by atoms with Crippen LogP contribution in [-0.2, 0) is 14.8 Å². The van der Waals surface area contributed by atoms with Crippen molar-refractivity contribution in [1.82, 2.24) is 10.5 Å². The summed E-state index contributed by atoms with van der Waals surface area (Å²) in [5.41, 5.74) is 0.313. The second kappa shape index (κ2) is 6.26. The van der Waals surface area contributed by atoms with Gasteiger partial charge in [0.05, 0.1) is 11.1 Å². The standard InChI is InChI=1S/C12H11N3O6S/c16-11(17)6-13-12(18)8-1-3-10(4-2-8)22(19,20)15-9-5-14-21-7-9/h1-5,7,15H,6H2,(H,13,18)(H,16,17). The molecule has 1 heterocycles. The number of benzene rings is 1. The van der Waals surface area contributed by atoms with Crippen LogP contribution in [0.15, 0.2) is 46.1 Å². The molecule has 0 atom stereocenters. The molecule has 0 saturated carbocycles. The van der Waals surface area contributed by atoms with Gasteiger partial charge in [-0.2, -0.15) is 0 Å². The number of sulfonamides is 1. The number of hydrogen-bond acceptors (Lipinski definition) is 6. The van der Waals surface area contributed by atoms with E-state index in [1.165, 1.54) is 30.5 Å². The van der Waals surface area contributed by atoms with Crippen LogP contribution in [0.3, 0.4) is 0 Å². The number of aliphatic carboxylic acids is 1. The average Bonchev–Trinajstić information content (AvgIpc) is 2.97. The molecule has 22 heavy (non-hydrogen) atoms. The van der Waals surface area contributed by atoms with Crippen LogP contribution in [0.4, 0.5) is 5.69 Å². The van der Waals surface area contributed by atoms with Gasteiger partial charge >= 0.3 is 5.97 Å². The number of hydrogen-bond donors (Lipinski definition) is 3. The number of nitrogens with one attached hydrogen (secondary N) is 2.